The lowest BCUT2D eigenvalue weighted by molar-refractivity contribution is -0.126. The summed E-state index contributed by atoms with van der Waals surface area (Å²) in [6.45, 7) is 4.95. The van der Waals surface area contributed by atoms with E-state index in [1.165, 1.54) is 6.07 Å². The third-order valence-corrected chi connectivity index (χ3v) is 9.98. The first kappa shape index (κ1) is 32.0. The predicted octanol–water partition coefficient (Wildman–Crippen LogP) is 7.51. The van der Waals surface area contributed by atoms with Crippen molar-refractivity contribution in [1.82, 2.24) is 5.32 Å². The van der Waals surface area contributed by atoms with E-state index >= 15 is 0 Å². The molecule has 42 heavy (non-hydrogen) atoms. The Morgan fingerprint density at radius 1 is 0.857 bits per heavy atom. The molecular weight excluding hydrogens is 549 g/mol. The van der Waals surface area contributed by atoms with Crippen LogP contribution < -0.4 is 5.32 Å². The molecule has 1 aliphatic rings. The lowest BCUT2D eigenvalue weighted by Gasteiger charge is -2.31. The van der Waals surface area contributed by atoms with E-state index in [0.717, 1.165) is 47.9 Å². The van der Waals surface area contributed by atoms with Gasteiger partial charge in [0.25, 0.3) is 0 Å². The van der Waals surface area contributed by atoms with Crippen molar-refractivity contribution in [1.29, 1.82) is 0 Å². The number of aromatic hydroxyl groups is 1. The molecule has 1 atom stereocenters. The number of carbonyl (C=O) groups excluding carboxylic acids is 1. The fourth-order valence-corrected chi connectivity index (χ4v) is 7.46. The number of phenolic OH excluding ortho intramolecular Hbond substituents is 1. The topological polar surface area (TPSA) is 105 Å². The number of phenols is 1. The van der Waals surface area contributed by atoms with Crippen LogP contribution in [0, 0.1) is 0 Å². The molecule has 0 aliphatic heterocycles. The van der Waals surface area contributed by atoms with Crippen LogP contribution in [-0.4, -0.2) is 42.0 Å². The molecule has 7 nitrogen and oxygen atoms in total. The minimum Gasteiger partial charge on any atom is -0.508 e. The van der Waals surface area contributed by atoms with Gasteiger partial charge in [0, 0.05) is 6.54 Å². The van der Waals surface area contributed by atoms with E-state index in [-0.39, 0.29) is 18.2 Å². The highest BCUT2D eigenvalue weighted by Gasteiger charge is 2.48. The Morgan fingerprint density at radius 2 is 1.45 bits per heavy atom. The lowest BCUT2D eigenvalue weighted by atomic mass is 9.73. The number of aliphatic hydroxyl groups is 1. The molecule has 8 heteroatoms. The first-order chi connectivity index (χ1) is 20.3. The van der Waals surface area contributed by atoms with Crippen LogP contribution in [-0.2, 0) is 23.8 Å². The highest BCUT2D eigenvalue weighted by molar-refractivity contribution is 7.53. The van der Waals surface area contributed by atoms with Crippen LogP contribution in [0.15, 0.2) is 72.8 Å². The largest absolute Gasteiger partial charge is 0.508 e. The summed E-state index contributed by atoms with van der Waals surface area (Å²) in [7, 11) is -3.24. The molecule has 1 aliphatic carbocycles. The second-order valence-corrected chi connectivity index (χ2v) is 13.2. The van der Waals surface area contributed by atoms with Gasteiger partial charge in [-0.2, -0.15) is 0 Å². The maximum Gasteiger partial charge on any atom is 0.330 e. The number of fused-ring (bicyclic) bond motifs is 3. The zero-order valence-corrected chi connectivity index (χ0v) is 25.7. The van der Waals surface area contributed by atoms with Gasteiger partial charge in [0.15, 0.2) is 0 Å². The molecule has 3 aromatic carbocycles. The van der Waals surface area contributed by atoms with Crippen LogP contribution in [0.25, 0.3) is 11.1 Å². The number of unbranched alkanes of at least 4 members (excludes halogenated alkanes) is 3. The second-order valence-electron chi connectivity index (χ2n) is 11.0. The first-order valence-corrected chi connectivity index (χ1v) is 16.9. The van der Waals surface area contributed by atoms with E-state index in [1.54, 1.807) is 18.2 Å². The van der Waals surface area contributed by atoms with Gasteiger partial charge < -0.3 is 24.6 Å². The summed E-state index contributed by atoms with van der Waals surface area (Å²) in [5.74, 6) is -0.136. The van der Waals surface area contributed by atoms with Gasteiger partial charge in [-0.3, -0.25) is 9.36 Å². The number of hydrogen-bond donors (Lipinski definition) is 3. The molecule has 0 radical (unpaired) electrons. The molecule has 0 bridgehead atoms. The summed E-state index contributed by atoms with van der Waals surface area (Å²) >= 11 is 0. The number of carbonyl (C=O) groups is 1. The SMILES string of the molecule is CCCCOP(=O)(CCCCC1(C(=O)NCC(O)c2cccc(O)c2)c2ccccc2-c2ccccc21)OCCCC. The van der Waals surface area contributed by atoms with E-state index < -0.39 is 19.1 Å². The van der Waals surface area contributed by atoms with E-state index in [4.69, 9.17) is 9.05 Å². The fraction of sp³-hybridized carbons (Fsp3) is 0.441. The Kier molecular flexibility index (Phi) is 11.4. The molecule has 3 aromatic rings. The first-order valence-electron chi connectivity index (χ1n) is 15.2. The van der Waals surface area contributed by atoms with Crippen LogP contribution in [0.3, 0.4) is 0 Å². The third kappa shape index (κ3) is 7.33. The second kappa shape index (κ2) is 15.0. The van der Waals surface area contributed by atoms with Gasteiger partial charge in [0.05, 0.1) is 25.5 Å². The maximum absolute atomic E-state index is 14.3. The number of aliphatic hydroxyl groups excluding tert-OH is 1. The number of nitrogens with one attached hydrogen (secondary N) is 1. The van der Waals surface area contributed by atoms with Crippen molar-refractivity contribution in [2.75, 3.05) is 25.9 Å². The fourth-order valence-electron chi connectivity index (χ4n) is 5.70. The van der Waals surface area contributed by atoms with E-state index in [2.05, 4.69) is 19.2 Å². The van der Waals surface area contributed by atoms with Gasteiger partial charge in [0.2, 0.25) is 5.91 Å². The average Bonchev–Trinajstić information content (AvgIpc) is 3.29. The summed E-state index contributed by atoms with van der Waals surface area (Å²) < 4.78 is 25.1. The molecule has 226 valence electrons. The minimum absolute atomic E-state index is 0.000109. The molecule has 0 heterocycles. The van der Waals surface area contributed by atoms with Crippen molar-refractivity contribution in [2.24, 2.45) is 0 Å². The van der Waals surface area contributed by atoms with Crippen molar-refractivity contribution in [3.8, 4) is 16.9 Å². The van der Waals surface area contributed by atoms with Gasteiger partial charge in [0.1, 0.15) is 11.2 Å². The number of amides is 1. The average molecular weight is 594 g/mol. The van der Waals surface area contributed by atoms with Crippen LogP contribution in [0.4, 0.5) is 0 Å². The summed E-state index contributed by atoms with van der Waals surface area (Å²) in [4.78, 5) is 14.3. The van der Waals surface area contributed by atoms with Gasteiger partial charge in [-0.05, 0) is 65.6 Å². The van der Waals surface area contributed by atoms with E-state index in [0.29, 0.717) is 44.2 Å². The maximum atomic E-state index is 14.3. The normalized spacial score (nSPS) is 14.3. The molecule has 0 saturated carbocycles. The summed E-state index contributed by atoms with van der Waals surface area (Å²) in [5.41, 5.74) is 3.45. The molecule has 0 saturated heterocycles. The van der Waals surface area contributed by atoms with Crippen molar-refractivity contribution in [2.45, 2.75) is 70.3 Å². The molecule has 0 aromatic heterocycles. The molecule has 4 rings (SSSR count). The molecular formula is C34H44NO6P. The number of benzene rings is 3. The zero-order valence-electron chi connectivity index (χ0n) is 24.8. The Morgan fingerprint density at radius 3 is 2.02 bits per heavy atom. The monoisotopic (exact) mass is 593 g/mol. The Labute approximate surface area is 249 Å². The van der Waals surface area contributed by atoms with Crippen molar-refractivity contribution >= 4 is 13.5 Å². The van der Waals surface area contributed by atoms with E-state index in [1.807, 2.05) is 48.5 Å². The van der Waals surface area contributed by atoms with Gasteiger partial charge >= 0.3 is 7.60 Å². The Hall–Kier alpha value is -2.96. The molecule has 3 N–H and O–H groups in total. The predicted molar refractivity (Wildman–Crippen MR) is 167 cm³/mol. The lowest BCUT2D eigenvalue weighted by Crippen LogP contribution is -2.45. The standard InChI is InChI=1S/C34H44NO6P/c1-3-5-21-40-42(39,41-22-6-4-2)23-12-11-20-34(33(38)35-25-32(37)26-14-13-15-27(36)24-26)30-18-9-7-16-28(30)29-17-8-10-19-31(29)34/h7-10,13-19,24,32,36-37H,3-6,11-12,20-23,25H2,1-2H3,(H,35,38). The summed E-state index contributed by atoms with van der Waals surface area (Å²) in [6, 6.07) is 22.4. The quantitative estimate of drug-likeness (QED) is 0.111. The van der Waals surface area contributed by atoms with Crippen LogP contribution in [0.5, 0.6) is 5.75 Å². The summed E-state index contributed by atoms with van der Waals surface area (Å²) in [6.07, 6.45) is 4.59. The molecule has 0 fully saturated rings. The molecule has 1 unspecified atom stereocenters. The zero-order chi connectivity index (χ0) is 30.0. The molecule has 0 spiro atoms. The van der Waals surface area contributed by atoms with Crippen molar-refractivity contribution in [3.05, 3.63) is 89.5 Å². The van der Waals surface area contributed by atoms with Gasteiger partial charge in [-0.1, -0.05) is 93.8 Å². The molecule has 1 amide bonds. The van der Waals surface area contributed by atoms with Crippen LogP contribution in [0.1, 0.15) is 81.6 Å². The third-order valence-electron chi connectivity index (χ3n) is 7.97. The minimum atomic E-state index is -3.24. The Bertz CT molecular complexity index is 1320. The number of rotatable bonds is 17. The van der Waals surface area contributed by atoms with Crippen molar-refractivity contribution < 1.29 is 28.6 Å². The van der Waals surface area contributed by atoms with Crippen LogP contribution in [0.2, 0.25) is 0 Å². The smallest absolute Gasteiger partial charge is 0.330 e. The Balaban J connectivity index is 1.55. The van der Waals surface area contributed by atoms with Crippen molar-refractivity contribution in [3.63, 3.8) is 0 Å². The van der Waals surface area contributed by atoms with Gasteiger partial charge in [-0.15, -0.1) is 0 Å². The van der Waals surface area contributed by atoms with Crippen LogP contribution >= 0.6 is 7.60 Å². The van der Waals surface area contributed by atoms with E-state index in [9.17, 15) is 19.6 Å². The highest BCUT2D eigenvalue weighted by atomic mass is 31.2. The number of hydrogen-bond acceptors (Lipinski definition) is 6. The van der Waals surface area contributed by atoms with Gasteiger partial charge in [-0.25, -0.2) is 0 Å². The summed E-state index contributed by atoms with van der Waals surface area (Å²) in [5, 5.41) is 23.7. The highest BCUT2D eigenvalue weighted by Crippen LogP contribution is 2.53.